The summed E-state index contributed by atoms with van der Waals surface area (Å²) in [4.78, 5) is 17.7. The van der Waals surface area contributed by atoms with E-state index in [4.69, 9.17) is 9.26 Å². The molecule has 0 fully saturated rings. The SMILES string of the molecule is CCc1ccc(-c2noc(-c3nn(-c4ccc(OC)cc4)c(=O)c4ccccc34)n2)cc1. The molecular formula is C25H20N4O3. The molecule has 0 unspecified atom stereocenters. The van der Waals surface area contributed by atoms with Gasteiger partial charge in [0.15, 0.2) is 5.69 Å². The smallest absolute Gasteiger partial charge is 0.279 e. The maximum atomic E-state index is 13.2. The fourth-order valence-electron chi connectivity index (χ4n) is 3.57. The van der Waals surface area contributed by atoms with Gasteiger partial charge in [-0.1, -0.05) is 54.5 Å². The molecule has 32 heavy (non-hydrogen) atoms. The summed E-state index contributed by atoms with van der Waals surface area (Å²) in [5.74, 6) is 1.41. The number of aromatic nitrogens is 4. The van der Waals surface area contributed by atoms with Gasteiger partial charge in [-0.3, -0.25) is 4.79 Å². The van der Waals surface area contributed by atoms with Gasteiger partial charge in [-0.15, -0.1) is 0 Å². The van der Waals surface area contributed by atoms with Crippen LogP contribution in [0.1, 0.15) is 12.5 Å². The summed E-state index contributed by atoms with van der Waals surface area (Å²) in [6.07, 6.45) is 0.959. The Bertz CT molecular complexity index is 1450. The molecule has 5 aromatic rings. The van der Waals surface area contributed by atoms with Gasteiger partial charge in [-0.25, -0.2) is 0 Å². The van der Waals surface area contributed by atoms with Crippen molar-refractivity contribution in [2.75, 3.05) is 7.11 Å². The molecule has 0 atom stereocenters. The van der Waals surface area contributed by atoms with Crippen molar-refractivity contribution in [3.05, 3.63) is 88.7 Å². The van der Waals surface area contributed by atoms with Crippen molar-refractivity contribution in [3.8, 4) is 34.4 Å². The lowest BCUT2D eigenvalue weighted by Gasteiger charge is -2.09. The van der Waals surface area contributed by atoms with E-state index >= 15 is 0 Å². The first-order chi connectivity index (χ1) is 15.7. The standard InChI is InChI=1S/C25H20N4O3/c1-3-16-8-10-17(11-9-16)23-26-24(32-28-23)22-20-6-4-5-7-21(20)25(30)29(27-22)18-12-14-19(31-2)15-13-18/h4-15H,3H2,1-2H3. The van der Waals surface area contributed by atoms with Crippen LogP contribution in [-0.4, -0.2) is 27.0 Å². The Morgan fingerprint density at radius 1 is 0.938 bits per heavy atom. The molecule has 0 saturated heterocycles. The second-order valence-corrected chi connectivity index (χ2v) is 7.28. The number of ether oxygens (including phenoxy) is 1. The van der Waals surface area contributed by atoms with Crippen LogP contribution >= 0.6 is 0 Å². The van der Waals surface area contributed by atoms with Crippen LogP contribution in [0.4, 0.5) is 0 Å². The molecule has 0 radical (unpaired) electrons. The third-order valence-electron chi connectivity index (χ3n) is 5.37. The summed E-state index contributed by atoms with van der Waals surface area (Å²) in [6.45, 7) is 2.11. The molecule has 2 aromatic heterocycles. The van der Waals surface area contributed by atoms with E-state index in [9.17, 15) is 4.79 Å². The third-order valence-corrected chi connectivity index (χ3v) is 5.37. The number of rotatable bonds is 5. The van der Waals surface area contributed by atoms with E-state index in [-0.39, 0.29) is 11.4 Å². The number of hydrogen-bond acceptors (Lipinski definition) is 6. The minimum absolute atomic E-state index is 0.232. The van der Waals surface area contributed by atoms with Crippen molar-refractivity contribution < 1.29 is 9.26 Å². The summed E-state index contributed by atoms with van der Waals surface area (Å²) < 4.78 is 12.1. The molecule has 0 spiro atoms. The number of hydrogen-bond donors (Lipinski definition) is 0. The van der Waals surface area contributed by atoms with E-state index < -0.39 is 0 Å². The Hall–Kier alpha value is -4.26. The van der Waals surface area contributed by atoms with Gasteiger partial charge in [-0.2, -0.15) is 14.8 Å². The van der Waals surface area contributed by atoms with Crippen LogP contribution in [0.2, 0.25) is 0 Å². The first-order valence-corrected chi connectivity index (χ1v) is 10.3. The zero-order chi connectivity index (χ0) is 22.1. The van der Waals surface area contributed by atoms with Crippen LogP contribution in [0.25, 0.3) is 39.4 Å². The lowest BCUT2D eigenvalue weighted by molar-refractivity contribution is 0.414. The molecule has 0 N–H and O–H groups in total. The van der Waals surface area contributed by atoms with Crippen LogP contribution in [0.3, 0.4) is 0 Å². The lowest BCUT2D eigenvalue weighted by Crippen LogP contribution is -2.22. The Balaban J connectivity index is 1.66. The van der Waals surface area contributed by atoms with Gasteiger partial charge in [0.1, 0.15) is 5.75 Å². The minimum Gasteiger partial charge on any atom is -0.497 e. The average molecular weight is 424 g/mol. The van der Waals surface area contributed by atoms with Crippen molar-refractivity contribution in [1.29, 1.82) is 0 Å². The van der Waals surface area contributed by atoms with Crippen LogP contribution < -0.4 is 10.3 Å². The van der Waals surface area contributed by atoms with Crippen molar-refractivity contribution in [2.45, 2.75) is 13.3 Å². The van der Waals surface area contributed by atoms with E-state index in [1.807, 2.05) is 42.5 Å². The summed E-state index contributed by atoms with van der Waals surface area (Å²) in [6, 6.07) is 22.4. The third kappa shape index (κ3) is 3.43. The van der Waals surface area contributed by atoms with Crippen LogP contribution in [-0.2, 0) is 6.42 Å². The summed E-state index contributed by atoms with van der Waals surface area (Å²) in [7, 11) is 1.59. The first kappa shape index (κ1) is 19.7. The highest BCUT2D eigenvalue weighted by molar-refractivity contribution is 5.92. The van der Waals surface area contributed by atoms with E-state index in [1.54, 1.807) is 37.4 Å². The molecule has 0 amide bonds. The van der Waals surface area contributed by atoms with Gasteiger partial charge in [0.05, 0.1) is 18.2 Å². The molecule has 7 heteroatoms. The quantitative estimate of drug-likeness (QED) is 0.408. The Morgan fingerprint density at radius 3 is 2.34 bits per heavy atom. The molecular weight excluding hydrogens is 404 g/mol. The maximum absolute atomic E-state index is 13.2. The molecule has 158 valence electrons. The molecule has 0 aliphatic rings. The summed E-state index contributed by atoms with van der Waals surface area (Å²) >= 11 is 0. The fraction of sp³-hybridized carbons (Fsp3) is 0.120. The zero-order valence-electron chi connectivity index (χ0n) is 17.6. The first-order valence-electron chi connectivity index (χ1n) is 10.3. The molecule has 3 aromatic carbocycles. The average Bonchev–Trinajstić information content (AvgIpc) is 3.35. The largest absolute Gasteiger partial charge is 0.497 e. The number of methoxy groups -OCH3 is 1. The Labute approximate surface area is 183 Å². The Morgan fingerprint density at radius 2 is 1.66 bits per heavy atom. The summed E-state index contributed by atoms with van der Waals surface area (Å²) in [5, 5.41) is 9.91. The predicted molar refractivity (Wildman–Crippen MR) is 122 cm³/mol. The predicted octanol–water partition coefficient (Wildman–Crippen LogP) is 4.67. The molecule has 0 aliphatic carbocycles. The molecule has 0 bridgehead atoms. The van der Waals surface area contributed by atoms with E-state index in [0.717, 1.165) is 12.0 Å². The van der Waals surface area contributed by atoms with Crippen molar-refractivity contribution in [3.63, 3.8) is 0 Å². The maximum Gasteiger partial charge on any atom is 0.279 e. The fourth-order valence-corrected chi connectivity index (χ4v) is 3.57. The topological polar surface area (TPSA) is 83.0 Å². The molecule has 5 rings (SSSR count). The van der Waals surface area contributed by atoms with Crippen molar-refractivity contribution in [2.24, 2.45) is 0 Å². The molecule has 2 heterocycles. The van der Waals surface area contributed by atoms with Gasteiger partial charge < -0.3 is 9.26 Å². The van der Waals surface area contributed by atoms with Crippen LogP contribution in [0.5, 0.6) is 5.75 Å². The highest BCUT2D eigenvalue weighted by Gasteiger charge is 2.19. The van der Waals surface area contributed by atoms with E-state index in [1.165, 1.54) is 10.2 Å². The molecule has 0 aliphatic heterocycles. The normalized spacial score (nSPS) is 11.1. The van der Waals surface area contributed by atoms with Gasteiger partial charge in [0, 0.05) is 10.9 Å². The lowest BCUT2D eigenvalue weighted by atomic mass is 10.1. The number of aryl methyl sites for hydroxylation is 1. The molecule has 0 saturated carbocycles. The highest BCUT2D eigenvalue weighted by Crippen LogP contribution is 2.27. The second kappa shape index (κ2) is 8.11. The zero-order valence-corrected chi connectivity index (χ0v) is 17.6. The van der Waals surface area contributed by atoms with E-state index in [2.05, 4.69) is 22.2 Å². The Kier molecular flexibility index (Phi) is 4.99. The van der Waals surface area contributed by atoms with Crippen LogP contribution in [0, 0.1) is 0 Å². The number of nitrogens with zero attached hydrogens (tertiary/aromatic N) is 4. The van der Waals surface area contributed by atoms with Gasteiger partial charge in [0.2, 0.25) is 5.82 Å². The minimum atomic E-state index is -0.232. The second-order valence-electron chi connectivity index (χ2n) is 7.28. The van der Waals surface area contributed by atoms with Gasteiger partial charge in [-0.05, 0) is 42.3 Å². The summed E-state index contributed by atoms with van der Waals surface area (Å²) in [5.41, 5.74) is 2.91. The number of fused-ring (bicyclic) bond motifs is 1. The van der Waals surface area contributed by atoms with Gasteiger partial charge in [0.25, 0.3) is 11.4 Å². The van der Waals surface area contributed by atoms with Crippen molar-refractivity contribution in [1.82, 2.24) is 19.9 Å². The van der Waals surface area contributed by atoms with E-state index in [0.29, 0.717) is 33.7 Å². The molecule has 7 nitrogen and oxygen atoms in total. The number of benzene rings is 3. The van der Waals surface area contributed by atoms with Crippen molar-refractivity contribution >= 4 is 10.8 Å². The van der Waals surface area contributed by atoms with Crippen LogP contribution in [0.15, 0.2) is 82.1 Å². The monoisotopic (exact) mass is 424 g/mol. The van der Waals surface area contributed by atoms with Gasteiger partial charge >= 0.3 is 0 Å². The highest BCUT2D eigenvalue weighted by atomic mass is 16.5.